The van der Waals surface area contributed by atoms with Crippen molar-refractivity contribution in [1.29, 1.82) is 0 Å². The maximum atomic E-state index is 14.3. The van der Waals surface area contributed by atoms with Gasteiger partial charge in [0.25, 0.3) is 0 Å². The lowest BCUT2D eigenvalue weighted by Crippen LogP contribution is -2.56. The second kappa shape index (κ2) is 13.9. The molecule has 1 aromatic carbocycles. The van der Waals surface area contributed by atoms with E-state index in [1.165, 1.54) is 4.90 Å². The number of nitrogens with zero attached hydrogens (tertiary/aromatic N) is 4. The Morgan fingerprint density at radius 2 is 1.89 bits per heavy atom. The van der Waals surface area contributed by atoms with E-state index in [-0.39, 0.29) is 25.5 Å². The molecule has 2 fully saturated rings. The van der Waals surface area contributed by atoms with Crippen LogP contribution in [0.15, 0.2) is 47.1 Å². The summed E-state index contributed by atoms with van der Waals surface area (Å²) in [7, 11) is 0. The Labute approximate surface area is 277 Å². The van der Waals surface area contributed by atoms with Gasteiger partial charge in [-0.1, -0.05) is 55.3 Å². The molecular formula is C33H43BrN6O6. The minimum Gasteiger partial charge on any atom is -0.464 e. The number of carbonyl (C=O) groups excluding carboxylic acids is 4. The molecule has 2 aliphatic heterocycles. The molecule has 0 spiro atoms. The standard InChI is InChI=1S/C33H43BrN6O6/c1-5-45-30(43)33-19-22(33)16-12-7-6-8-13-17-24(35-31(44)46-32(2,3)4)29(42)39-20-23(18-25(39)28(41)36-33)40-37-26(27(34)38-40)21-14-10-9-11-15-21/h9-12,14-16,22-25H,5-8,13,17-20H2,1-4H3,(H,35,44)(H,36,41)/b16-12-/t22-,23?,24+,25+,33-/m1/s1. The average molecular weight is 700 g/mol. The molecular weight excluding hydrogens is 656 g/mol. The average Bonchev–Trinajstić information content (AvgIpc) is 3.31. The van der Waals surface area contributed by atoms with E-state index in [1.54, 1.807) is 32.5 Å². The van der Waals surface area contributed by atoms with Crippen molar-refractivity contribution in [2.75, 3.05) is 13.2 Å². The molecule has 3 amide bonds. The monoisotopic (exact) mass is 698 g/mol. The number of hydrogen-bond donors (Lipinski definition) is 2. The zero-order valence-electron chi connectivity index (χ0n) is 26.8. The Morgan fingerprint density at radius 1 is 1.13 bits per heavy atom. The number of amides is 3. The number of aromatic nitrogens is 3. The fourth-order valence-electron chi connectivity index (χ4n) is 6.18. The summed E-state index contributed by atoms with van der Waals surface area (Å²) >= 11 is 3.52. The first-order valence-electron chi connectivity index (χ1n) is 16.1. The van der Waals surface area contributed by atoms with E-state index in [0.29, 0.717) is 29.6 Å². The number of alkyl carbamates (subject to hydrolysis) is 1. The van der Waals surface area contributed by atoms with E-state index >= 15 is 0 Å². The predicted molar refractivity (Wildman–Crippen MR) is 173 cm³/mol. The topological polar surface area (TPSA) is 145 Å². The van der Waals surface area contributed by atoms with Crippen LogP contribution in [0.5, 0.6) is 0 Å². The summed E-state index contributed by atoms with van der Waals surface area (Å²) in [5.74, 6) is -1.53. The van der Waals surface area contributed by atoms with Crippen LogP contribution in [0.1, 0.15) is 78.7 Å². The van der Waals surface area contributed by atoms with Crippen LogP contribution in [0.2, 0.25) is 0 Å². The van der Waals surface area contributed by atoms with E-state index in [0.717, 1.165) is 24.8 Å². The molecule has 1 aliphatic carbocycles. The molecule has 248 valence electrons. The lowest BCUT2D eigenvalue weighted by Gasteiger charge is -2.30. The second-order valence-electron chi connectivity index (χ2n) is 13.2. The number of rotatable bonds is 5. The highest BCUT2D eigenvalue weighted by atomic mass is 79.9. The molecule has 3 aliphatic rings. The number of esters is 1. The zero-order valence-corrected chi connectivity index (χ0v) is 28.4. The highest BCUT2D eigenvalue weighted by Gasteiger charge is 2.62. The van der Waals surface area contributed by atoms with Gasteiger partial charge < -0.3 is 25.0 Å². The van der Waals surface area contributed by atoms with E-state index in [1.807, 2.05) is 42.5 Å². The number of hydrogen-bond acceptors (Lipinski definition) is 8. The Hall–Kier alpha value is -3.74. The van der Waals surface area contributed by atoms with Gasteiger partial charge >= 0.3 is 12.1 Å². The van der Waals surface area contributed by atoms with Gasteiger partial charge in [-0.05, 0) is 69.3 Å². The molecule has 12 nitrogen and oxygen atoms in total. The maximum Gasteiger partial charge on any atom is 0.408 e. The molecule has 1 saturated carbocycles. The number of carbonyl (C=O) groups is 4. The first kappa shape index (κ1) is 33.6. The Bertz CT molecular complexity index is 1470. The number of ether oxygens (including phenoxy) is 2. The summed E-state index contributed by atoms with van der Waals surface area (Å²) in [5.41, 5.74) is -0.427. The van der Waals surface area contributed by atoms with Crippen LogP contribution < -0.4 is 10.6 Å². The molecule has 46 heavy (non-hydrogen) atoms. The summed E-state index contributed by atoms with van der Waals surface area (Å²) in [4.78, 5) is 57.5. The first-order valence-corrected chi connectivity index (χ1v) is 16.8. The van der Waals surface area contributed by atoms with Crippen LogP contribution in [0.25, 0.3) is 11.3 Å². The van der Waals surface area contributed by atoms with Gasteiger partial charge in [0.2, 0.25) is 11.8 Å². The van der Waals surface area contributed by atoms with Crippen molar-refractivity contribution in [2.45, 2.75) is 102 Å². The third-order valence-electron chi connectivity index (χ3n) is 8.55. The third-order valence-corrected chi connectivity index (χ3v) is 9.08. The smallest absolute Gasteiger partial charge is 0.408 e. The van der Waals surface area contributed by atoms with Crippen LogP contribution >= 0.6 is 15.9 Å². The highest BCUT2D eigenvalue weighted by molar-refractivity contribution is 9.10. The van der Waals surface area contributed by atoms with Gasteiger partial charge in [-0.2, -0.15) is 9.90 Å². The van der Waals surface area contributed by atoms with Crippen molar-refractivity contribution in [3.8, 4) is 11.3 Å². The van der Waals surface area contributed by atoms with Gasteiger partial charge in [0, 0.05) is 24.4 Å². The molecule has 3 heterocycles. The number of benzene rings is 1. The van der Waals surface area contributed by atoms with Crippen LogP contribution in [0.4, 0.5) is 4.79 Å². The van der Waals surface area contributed by atoms with Gasteiger partial charge in [-0.15, -0.1) is 5.10 Å². The van der Waals surface area contributed by atoms with Crippen LogP contribution in [-0.2, 0) is 23.9 Å². The van der Waals surface area contributed by atoms with E-state index in [9.17, 15) is 19.2 Å². The van der Waals surface area contributed by atoms with Crippen molar-refractivity contribution in [2.24, 2.45) is 5.92 Å². The van der Waals surface area contributed by atoms with E-state index < -0.39 is 53.1 Å². The number of halogens is 1. The molecule has 2 aromatic rings. The molecule has 1 aromatic heterocycles. The Morgan fingerprint density at radius 3 is 2.61 bits per heavy atom. The van der Waals surface area contributed by atoms with Crippen molar-refractivity contribution >= 4 is 39.8 Å². The third kappa shape index (κ3) is 7.62. The lowest BCUT2D eigenvalue weighted by molar-refractivity contribution is -0.150. The minimum atomic E-state index is -1.18. The largest absolute Gasteiger partial charge is 0.464 e. The number of fused-ring (bicyclic) bond motifs is 2. The van der Waals surface area contributed by atoms with Gasteiger partial charge in [-0.3, -0.25) is 9.59 Å². The van der Waals surface area contributed by atoms with Crippen molar-refractivity contribution in [1.82, 2.24) is 30.5 Å². The zero-order chi connectivity index (χ0) is 33.1. The highest BCUT2D eigenvalue weighted by Crippen LogP contribution is 2.46. The fraction of sp³-hybridized carbons (Fsp3) is 0.576. The number of allylic oxidation sites excluding steroid dienone is 1. The quantitative estimate of drug-likeness (QED) is 0.338. The summed E-state index contributed by atoms with van der Waals surface area (Å²) in [6.45, 7) is 7.32. The predicted octanol–water partition coefficient (Wildman–Crippen LogP) is 4.70. The summed E-state index contributed by atoms with van der Waals surface area (Å²) in [6, 6.07) is 7.30. The molecule has 2 N–H and O–H groups in total. The first-order chi connectivity index (χ1) is 21.9. The SMILES string of the molecule is CCOC(=O)[C@@]12C[C@H]1/C=C\CCCCC[C@H](NC(=O)OC(C)(C)C)C(=O)N1CC(n3nc(Br)c(-c4ccccc4)n3)C[C@H]1C(=O)N2. The molecule has 5 atom stereocenters. The number of nitrogens with one attached hydrogen (secondary N) is 2. The summed E-state index contributed by atoms with van der Waals surface area (Å²) < 4.78 is 11.4. The van der Waals surface area contributed by atoms with Crippen LogP contribution in [0.3, 0.4) is 0 Å². The van der Waals surface area contributed by atoms with Gasteiger partial charge in [0.05, 0.1) is 12.6 Å². The summed E-state index contributed by atoms with van der Waals surface area (Å²) in [5, 5.41) is 15.1. The van der Waals surface area contributed by atoms with Crippen molar-refractivity contribution in [3.05, 3.63) is 47.1 Å². The minimum absolute atomic E-state index is 0.133. The second-order valence-corrected chi connectivity index (χ2v) is 13.9. The molecule has 0 radical (unpaired) electrons. The van der Waals surface area contributed by atoms with Crippen LogP contribution in [0, 0.1) is 5.92 Å². The summed E-state index contributed by atoms with van der Waals surface area (Å²) in [6.07, 6.45) is 7.57. The lowest BCUT2D eigenvalue weighted by atomic mass is 10.0. The van der Waals surface area contributed by atoms with E-state index in [4.69, 9.17) is 14.6 Å². The van der Waals surface area contributed by atoms with Crippen LogP contribution in [-0.4, -0.2) is 80.1 Å². The maximum absolute atomic E-state index is 14.3. The van der Waals surface area contributed by atoms with Gasteiger partial charge in [0.1, 0.15) is 28.9 Å². The Balaban J connectivity index is 1.47. The van der Waals surface area contributed by atoms with E-state index in [2.05, 4.69) is 31.7 Å². The molecule has 1 unspecified atom stereocenters. The van der Waals surface area contributed by atoms with Crippen molar-refractivity contribution < 1.29 is 28.7 Å². The normalized spacial score (nSPS) is 27.7. The van der Waals surface area contributed by atoms with Crippen molar-refractivity contribution in [3.63, 3.8) is 0 Å². The van der Waals surface area contributed by atoms with Gasteiger partial charge in [0.15, 0.2) is 4.60 Å². The molecule has 0 bridgehead atoms. The van der Waals surface area contributed by atoms with Gasteiger partial charge in [-0.25, -0.2) is 9.59 Å². The molecule has 5 rings (SSSR count). The molecule has 13 heteroatoms. The fourth-order valence-corrected chi connectivity index (χ4v) is 6.65. The Kier molecular flexibility index (Phi) is 10.2. The molecule has 1 saturated heterocycles.